The Bertz CT molecular complexity index is 674. The number of aromatic nitrogens is 1. The summed E-state index contributed by atoms with van der Waals surface area (Å²) in [5.41, 5.74) is 3.23. The molecular weight excluding hydrogens is 334 g/mol. The van der Waals surface area contributed by atoms with Gasteiger partial charge in [0.15, 0.2) is 0 Å². The lowest BCUT2D eigenvalue weighted by molar-refractivity contribution is -0.386. The maximum atomic E-state index is 11.1. The summed E-state index contributed by atoms with van der Waals surface area (Å²) in [6, 6.07) is 8.00. The zero-order chi connectivity index (χ0) is 15.4. The Morgan fingerprint density at radius 2 is 2.10 bits per heavy atom. The zero-order valence-corrected chi connectivity index (χ0v) is 13.5. The fourth-order valence-corrected chi connectivity index (χ4v) is 2.64. The van der Waals surface area contributed by atoms with Crippen LogP contribution >= 0.6 is 15.9 Å². The molecular formula is C15H16BrN3O2. The summed E-state index contributed by atoms with van der Waals surface area (Å²) in [5.74, 6) is 0. The Hall–Kier alpha value is -1.79. The number of pyridine rings is 1. The Balaban J connectivity index is 2.07. The molecule has 2 rings (SSSR count). The minimum atomic E-state index is -0.343. The van der Waals surface area contributed by atoms with Gasteiger partial charge >= 0.3 is 0 Å². The van der Waals surface area contributed by atoms with Gasteiger partial charge < -0.3 is 5.32 Å². The largest absolute Gasteiger partial charge is 0.307 e. The Morgan fingerprint density at radius 1 is 1.33 bits per heavy atom. The van der Waals surface area contributed by atoms with Crippen molar-refractivity contribution in [3.63, 3.8) is 0 Å². The van der Waals surface area contributed by atoms with E-state index in [1.54, 1.807) is 20.0 Å². The minimum absolute atomic E-state index is 0.157. The average Bonchev–Trinajstić information content (AvgIpc) is 2.41. The molecule has 1 aromatic heterocycles. The van der Waals surface area contributed by atoms with Crippen molar-refractivity contribution in [2.24, 2.45) is 0 Å². The van der Waals surface area contributed by atoms with Gasteiger partial charge in [-0.3, -0.25) is 15.1 Å². The molecule has 0 saturated heterocycles. The van der Waals surface area contributed by atoms with Gasteiger partial charge in [-0.15, -0.1) is 0 Å². The lowest BCUT2D eigenvalue weighted by atomic mass is 10.1. The highest BCUT2D eigenvalue weighted by Gasteiger charge is 2.18. The molecule has 0 atom stereocenters. The fraction of sp³-hybridized carbons (Fsp3) is 0.267. The Labute approximate surface area is 131 Å². The molecule has 21 heavy (non-hydrogen) atoms. The first kappa shape index (κ1) is 15.6. The number of nitrogens with one attached hydrogen (secondary N) is 1. The van der Waals surface area contributed by atoms with Crippen LogP contribution < -0.4 is 5.32 Å². The van der Waals surface area contributed by atoms with Crippen LogP contribution in [0.15, 0.2) is 34.9 Å². The second-order valence-electron chi connectivity index (χ2n) is 4.85. The van der Waals surface area contributed by atoms with E-state index >= 15 is 0 Å². The SMILES string of the molecule is Cc1cnc(CNCc2cccc(Br)c2)c(C)c1[N+](=O)[O-]. The van der Waals surface area contributed by atoms with Gasteiger partial charge in [0.1, 0.15) is 0 Å². The van der Waals surface area contributed by atoms with E-state index in [2.05, 4.69) is 26.2 Å². The third-order valence-corrected chi connectivity index (χ3v) is 3.76. The molecule has 0 saturated carbocycles. The number of rotatable bonds is 5. The summed E-state index contributed by atoms with van der Waals surface area (Å²) in [5, 5.41) is 14.3. The molecule has 0 amide bonds. The van der Waals surface area contributed by atoms with Gasteiger partial charge in [0, 0.05) is 34.9 Å². The van der Waals surface area contributed by atoms with Crippen LogP contribution in [0.25, 0.3) is 0 Å². The molecule has 0 radical (unpaired) electrons. The zero-order valence-electron chi connectivity index (χ0n) is 11.9. The molecule has 110 valence electrons. The van der Waals surface area contributed by atoms with E-state index in [-0.39, 0.29) is 10.6 Å². The van der Waals surface area contributed by atoms with Gasteiger partial charge in [-0.2, -0.15) is 0 Å². The van der Waals surface area contributed by atoms with E-state index in [9.17, 15) is 10.1 Å². The van der Waals surface area contributed by atoms with Crippen LogP contribution in [0, 0.1) is 24.0 Å². The summed E-state index contributed by atoms with van der Waals surface area (Å²) >= 11 is 3.43. The van der Waals surface area contributed by atoms with Gasteiger partial charge in [0.05, 0.1) is 10.6 Å². The van der Waals surface area contributed by atoms with Crippen molar-refractivity contribution in [3.8, 4) is 0 Å². The highest BCUT2D eigenvalue weighted by Crippen LogP contribution is 2.23. The third-order valence-electron chi connectivity index (χ3n) is 3.27. The van der Waals surface area contributed by atoms with Crippen molar-refractivity contribution in [2.75, 3.05) is 0 Å². The molecule has 0 aliphatic heterocycles. The molecule has 0 aliphatic carbocycles. The topological polar surface area (TPSA) is 68.1 Å². The summed E-state index contributed by atoms with van der Waals surface area (Å²) < 4.78 is 1.03. The van der Waals surface area contributed by atoms with Crippen molar-refractivity contribution >= 4 is 21.6 Å². The number of nitro groups is 1. The molecule has 1 heterocycles. The first-order valence-corrected chi connectivity index (χ1v) is 7.33. The van der Waals surface area contributed by atoms with Crippen LogP contribution in [0.4, 0.5) is 5.69 Å². The average molecular weight is 350 g/mol. The molecule has 0 spiro atoms. The summed E-state index contributed by atoms with van der Waals surface area (Å²) in [6.45, 7) is 4.63. The summed E-state index contributed by atoms with van der Waals surface area (Å²) in [7, 11) is 0. The molecule has 1 aromatic carbocycles. The molecule has 0 aliphatic rings. The van der Waals surface area contributed by atoms with Crippen molar-refractivity contribution in [3.05, 3.63) is 67.4 Å². The van der Waals surface area contributed by atoms with E-state index in [1.165, 1.54) is 0 Å². The maximum absolute atomic E-state index is 11.1. The number of hydrogen-bond acceptors (Lipinski definition) is 4. The van der Waals surface area contributed by atoms with Crippen molar-refractivity contribution in [1.82, 2.24) is 10.3 Å². The standard InChI is InChI=1S/C15H16BrN3O2/c1-10-7-18-14(11(2)15(10)19(20)21)9-17-8-12-4-3-5-13(16)6-12/h3-7,17H,8-9H2,1-2H3. The fourth-order valence-electron chi connectivity index (χ4n) is 2.20. The number of aryl methyl sites for hydroxylation is 1. The first-order valence-electron chi connectivity index (χ1n) is 6.53. The van der Waals surface area contributed by atoms with E-state index < -0.39 is 0 Å². The molecule has 1 N–H and O–H groups in total. The number of nitrogens with zero attached hydrogens (tertiary/aromatic N) is 2. The normalized spacial score (nSPS) is 10.6. The molecule has 6 heteroatoms. The predicted molar refractivity (Wildman–Crippen MR) is 85.1 cm³/mol. The van der Waals surface area contributed by atoms with Crippen LogP contribution in [0.1, 0.15) is 22.4 Å². The van der Waals surface area contributed by atoms with Gasteiger partial charge in [0.25, 0.3) is 5.69 Å². The maximum Gasteiger partial charge on any atom is 0.278 e. The Morgan fingerprint density at radius 3 is 2.76 bits per heavy atom. The third kappa shape index (κ3) is 3.86. The van der Waals surface area contributed by atoms with Gasteiger partial charge in [-0.05, 0) is 31.5 Å². The molecule has 2 aromatic rings. The highest BCUT2D eigenvalue weighted by atomic mass is 79.9. The van der Waals surface area contributed by atoms with E-state index in [4.69, 9.17) is 0 Å². The van der Waals surface area contributed by atoms with E-state index in [0.717, 1.165) is 10.0 Å². The monoisotopic (exact) mass is 349 g/mol. The lowest BCUT2D eigenvalue weighted by Gasteiger charge is -2.09. The molecule has 0 fully saturated rings. The minimum Gasteiger partial charge on any atom is -0.307 e. The van der Waals surface area contributed by atoms with Gasteiger partial charge in [-0.1, -0.05) is 28.1 Å². The number of hydrogen-bond donors (Lipinski definition) is 1. The quantitative estimate of drug-likeness (QED) is 0.660. The van der Waals surface area contributed by atoms with E-state index in [0.29, 0.717) is 29.9 Å². The van der Waals surface area contributed by atoms with Crippen molar-refractivity contribution in [2.45, 2.75) is 26.9 Å². The first-order chi connectivity index (χ1) is 9.99. The summed E-state index contributed by atoms with van der Waals surface area (Å²) in [6.07, 6.45) is 1.56. The number of benzene rings is 1. The van der Waals surface area contributed by atoms with Crippen LogP contribution in [-0.4, -0.2) is 9.91 Å². The Kier molecular flexibility index (Phi) is 5.03. The van der Waals surface area contributed by atoms with Crippen LogP contribution in [0.2, 0.25) is 0 Å². The van der Waals surface area contributed by atoms with Gasteiger partial charge in [-0.25, -0.2) is 0 Å². The van der Waals surface area contributed by atoms with Crippen molar-refractivity contribution < 1.29 is 4.92 Å². The molecule has 0 unspecified atom stereocenters. The lowest BCUT2D eigenvalue weighted by Crippen LogP contribution is -2.15. The number of halogens is 1. The highest BCUT2D eigenvalue weighted by molar-refractivity contribution is 9.10. The molecule has 5 nitrogen and oxygen atoms in total. The van der Waals surface area contributed by atoms with Crippen molar-refractivity contribution in [1.29, 1.82) is 0 Å². The van der Waals surface area contributed by atoms with E-state index in [1.807, 2.05) is 24.3 Å². The predicted octanol–water partition coefficient (Wildman–Crippen LogP) is 3.66. The second kappa shape index (κ2) is 6.78. The van der Waals surface area contributed by atoms with Crippen LogP contribution in [0.5, 0.6) is 0 Å². The van der Waals surface area contributed by atoms with Crippen LogP contribution in [0.3, 0.4) is 0 Å². The van der Waals surface area contributed by atoms with Crippen LogP contribution in [-0.2, 0) is 13.1 Å². The summed E-state index contributed by atoms with van der Waals surface area (Å²) in [4.78, 5) is 15.0. The molecule has 0 bridgehead atoms. The second-order valence-corrected chi connectivity index (χ2v) is 5.77. The van der Waals surface area contributed by atoms with Gasteiger partial charge in [0.2, 0.25) is 0 Å². The smallest absolute Gasteiger partial charge is 0.278 e.